The molecule has 2 aromatic rings. The lowest BCUT2D eigenvalue weighted by atomic mass is 10.1. The highest BCUT2D eigenvalue weighted by Gasteiger charge is 2.21. The normalized spacial score (nSPS) is 20.9. The standard InChI is InChI=1S/C12H14N2O/c1-4-10-12(11-5-2-9-15-11)13-6-3-8-14(10)7-1/h1-2,4-5,7,9,12-13H,3,6,8H2. The molecule has 0 saturated carbocycles. The van der Waals surface area contributed by atoms with Crippen molar-refractivity contribution in [2.75, 3.05) is 6.54 Å². The molecule has 3 heterocycles. The van der Waals surface area contributed by atoms with Crippen LogP contribution >= 0.6 is 0 Å². The first kappa shape index (κ1) is 8.80. The summed E-state index contributed by atoms with van der Waals surface area (Å²) in [4.78, 5) is 0. The lowest BCUT2D eigenvalue weighted by Crippen LogP contribution is -2.21. The summed E-state index contributed by atoms with van der Waals surface area (Å²) in [6, 6.07) is 8.43. The van der Waals surface area contributed by atoms with Gasteiger partial charge in [0.15, 0.2) is 0 Å². The van der Waals surface area contributed by atoms with E-state index in [0.29, 0.717) is 0 Å². The molecule has 1 atom stereocenters. The smallest absolute Gasteiger partial charge is 0.126 e. The topological polar surface area (TPSA) is 30.1 Å². The second-order valence-corrected chi connectivity index (χ2v) is 3.88. The van der Waals surface area contributed by atoms with Crippen LogP contribution in [0.2, 0.25) is 0 Å². The highest BCUT2D eigenvalue weighted by atomic mass is 16.3. The summed E-state index contributed by atoms with van der Waals surface area (Å²) in [6.07, 6.45) is 5.03. The molecular formula is C12H14N2O. The van der Waals surface area contributed by atoms with E-state index >= 15 is 0 Å². The largest absolute Gasteiger partial charge is 0.467 e. The maximum absolute atomic E-state index is 5.48. The minimum absolute atomic E-state index is 0.206. The van der Waals surface area contributed by atoms with Gasteiger partial charge in [0.05, 0.1) is 6.26 Å². The zero-order chi connectivity index (χ0) is 10.1. The third kappa shape index (κ3) is 1.49. The summed E-state index contributed by atoms with van der Waals surface area (Å²) in [6.45, 7) is 2.12. The lowest BCUT2D eigenvalue weighted by Gasteiger charge is -2.14. The molecule has 3 heteroatoms. The number of rotatable bonds is 1. The van der Waals surface area contributed by atoms with Crippen LogP contribution in [0.5, 0.6) is 0 Å². The monoisotopic (exact) mass is 202 g/mol. The molecule has 2 aromatic heterocycles. The molecule has 1 unspecified atom stereocenters. The summed E-state index contributed by atoms with van der Waals surface area (Å²) in [5.74, 6) is 0.997. The summed E-state index contributed by atoms with van der Waals surface area (Å²) >= 11 is 0. The van der Waals surface area contributed by atoms with Gasteiger partial charge in [0.25, 0.3) is 0 Å². The van der Waals surface area contributed by atoms with Crippen molar-refractivity contribution in [1.29, 1.82) is 0 Å². The Morgan fingerprint density at radius 2 is 2.33 bits per heavy atom. The van der Waals surface area contributed by atoms with Gasteiger partial charge in [-0.15, -0.1) is 0 Å². The zero-order valence-corrected chi connectivity index (χ0v) is 8.52. The molecule has 1 aliphatic rings. The van der Waals surface area contributed by atoms with E-state index in [2.05, 4.69) is 28.2 Å². The Kier molecular flexibility index (Phi) is 2.10. The lowest BCUT2D eigenvalue weighted by molar-refractivity contribution is 0.448. The van der Waals surface area contributed by atoms with Crippen LogP contribution in [0.1, 0.15) is 23.9 Å². The third-order valence-corrected chi connectivity index (χ3v) is 2.91. The van der Waals surface area contributed by atoms with Gasteiger partial charge in [-0.3, -0.25) is 0 Å². The van der Waals surface area contributed by atoms with Gasteiger partial charge >= 0.3 is 0 Å². The first-order chi connectivity index (χ1) is 7.45. The molecule has 0 amide bonds. The summed E-state index contributed by atoms with van der Waals surface area (Å²) in [7, 11) is 0. The van der Waals surface area contributed by atoms with Gasteiger partial charge in [-0.05, 0) is 37.2 Å². The summed E-state index contributed by atoms with van der Waals surface area (Å²) < 4.78 is 7.78. The Balaban J connectivity index is 2.03. The molecule has 0 fully saturated rings. The highest BCUT2D eigenvalue weighted by molar-refractivity contribution is 5.22. The number of nitrogens with one attached hydrogen (secondary N) is 1. The van der Waals surface area contributed by atoms with E-state index in [1.807, 2.05) is 12.1 Å². The van der Waals surface area contributed by atoms with E-state index in [1.54, 1.807) is 6.26 Å². The number of fused-ring (bicyclic) bond motifs is 1. The van der Waals surface area contributed by atoms with E-state index in [1.165, 1.54) is 12.1 Å². The van der Waals surface area contributed by atoms with Gasteiger partial charge < -0.3 is 14.3 Å². The Bertz CT molecular complexity index is 430. The van der Waals surface area contributed by atoms with Crippen LogP contribution in [0.25, 0.3) is 0 Å². The van der Waals surface area contributed by atoms with Gasteiger partial charge in [-0.25, -0.2) is 0 Å². The van der Waals surface area contributed by atoms with Crippen LogP contribution in [0.15, 0.2) is 41.1 Å². The van der Waals surface area contributed by atoms with Crippen molar-refractivity contribution in [3.05, 3.63) is 48.2 Å². The molecular weight excluding hydrogens is 188 g/mol. The molecule has 0 saturated heterocycles. The Hall–Kier alpha value is -1.48. The molecule has 3 nitrogen and oxygen atoms in total. The van der Waals surface area contributed by atoms with Crippen LogP contribution < -0.4 is 5.32 Å². The minimum atomic E-state index is 0.206. The third-order valence-electron chi connectivity index (χ3n) is 2.91. The van der Waals surface area contributed by atoms with Gasteiger partial charge in [-0.2, -0.15) is 0 Å². The first-order valence-corrected chi connectivity index (χ1v) is 5.37. The van der Waals surface area contributed by atoms with Crippen molar-refractivity contribution in [3.63, 3.8) is 0 Å². The van der Waals surface area contributed by atoms with Crippen LogP contribution in [0.4, 0.5) is 0 Å². The summed E-state index contributed by atoms with van der Waals surface area (Å²) in [5.41, 5.74) is 1.29. The maximum atomic E-state index is 5.48. The van der Waals surface area contributed by atoms with Crippen molar-refractivity contribution in [2.45, 2.75) is 19.0 Å². The Labute approximate surface area is 88.7 Å². The fraction of sp³-hybridized carbons (Fsp3) is 0.333. The Morgan fingerprint density at radius 1 is 1.33 bits per heavy atom. The van der Waals surface area contributed by atoms with E-state index < -0.39 is 0 Å². The van der Waals surface area contributed by atoms with Crippen molar-refractivity contribution < 1.29 is 4.42 Å². The second kappa shape index (κ2) is 3.59. The molecule has 0 bridgehead atoms. The van der Waals surface area contributed by atoms with E-state index in [4.69, 9.17) is 4.42 Å². The first-order valence-electron chi connectivity index (χ1n) is 5.37. The van der Waals surface area contributed by atoms with Gasteiger partial charge in [0.1, 0.15) is 11.8 Å². The predicted molar refractivity (Wildman–Crippen MR) is 57.6 cm³/mol. The van der Waals surface area contributed by atoms with Gasteiger partial charge in [0.2, 0.25) is 0 Å². The molecule has 1 aliphatic heterocycles. The van der Waals surface area contributed by atoms with Crippen molar-refractivity contribution in [3.8, 4) is 0 Å². The minimum Gasteiger partial charge on any atom is -0.467 e. The number of furan rings is 1. The Morgan fingerprint density at radius 3 is 3.20 bits per heavy atom. The fourth-order valence-corrected chi connectivity index (χ4v) is 2.20. The second-order valence-electron chi connectivity index (χ2n) is 3.88. The zero-order valence-electron chi connectivity index (χ0n) is 8.52. The summed E-state index contributed by atoms with van der Waals surface area (Å²) in [5, 5.41) is 3.51. The van der Waals surface area contributed by atoms with Gasteiger partial charge in [-0.1, -0.05) is 0 Å². The number of nitrogens with zero attached hydrogens (tertiary/aromatic N) is 1. The average Bonchev–Trinajstić information content (AvgIpc) is 2.88. The van der Waals surface area contributed by atoms with Gasteiger partial charge in [0, 0.05) is 18.4 Å². The molecule has 0 radical (unpaired) electrons. The number of aromatic nitrogens is 1. The van der Waals surface area contributed by atoms with Crippen LogP contribution in [-0.4, -0.2) is 11.1 Å². The molecule has 3 rings (SSSR count). The van der Waals surface area contributed by atoms with E-state index in [9.17, 15) is 0 Å². The quantitative estimate of drug-likeness (QED) is 0.768. The average molecular weight is 202 g/mol. The molecule has 0 aliphatic carbocycles. The van der Waals surface area contributed by atoms with Crippen molar-refractivity contribution in [2.24, 2.45) is 0 Å². The molecule has 0 spiro atoms. The van der Waals surface area contributed by atoms with E-state index in [-0.39, 0.29) is 6.04 Å². The number of aryl methyl sites for hydroxylation is 1. The van der Waals surface area contributed by atoms with Crippen LogP contribution in [0, 0.1) is 0 Å². The molecule has 1 N–H and O–H groups in total. The molecule has 15 heavy (non-hydrogen) atoms. The fourth-order valence-electron chi connectivity index (χ4n) is 2.20. The number of hydrogen-bond acceptors (Lipinski definition) is 2. The van der Waals surface area contributed by atoms with E-state index in [0.717, 1.165) is 18.8 Å². The van der Waals surface area contributed by atoms with Crippen LogP contribution in [0.3, 0.4) is 0 Å². The molecule has 78 valence electrons. The maximum Gasteiger partial charge on any atom is 0.126 e. The molecule has 0 aromatic carbocycles. The van der Waals surface area contributed by atoms with Crippen LogP contribution in [-0.2, 0) is 6.54 Å². The SMILES string of the molecule is c1coc(C2NCCCn3cccc32)c1. The predicted octanol–water partition coefficient (Wildman–Crippen LogP) is 2.16. The van der Waals surface area contributed by atoms with Crippen molar-refractivity contribution >= 4 is 0 Å². The van der Waals surface area contributed by atoms with Crippen molar-refractivity contribution in [1.82, 2.24) is 9.88 Å². The number of hydrogen-bond donors (Lipinski definition) is 1. The highest BCUT2D eigenvalue weighted by Crippen LogP contribution is 2.24.